The Kier molecular flexibility index (Phi) is 6.04. The lowest BCUT2D eigenvalue weighted by molar-refractivity contribution is 0.0475. The second-order valence-electron chi connectivity index (χ2n) is 5.94. The molecule has 0 aliphatic heterocycles. The van der Waals surface area contributed by atoms with Gasteiger partial charge in [0.15, 0.2) is 12.4 Å². The van der Waals surface area contributed by atoms with E-state index in [1.54, 1.807) is 47.7 Å². The number of benzene rings is 2. The first kappa shape index (κ1) is 19.3. The van der Waals surface area contributed by atoms with Crippen molar-refractivity contribution < 1.29 is 14.3 Å². The Morgan fingerprint density at radius 3 is 2.30 bits per heavy atom. The zero-order valence-corrected chi connectivity index (χ0v) is 16.6. The van der Waals surface area contributed by atoms with Gasteiger partial charge in [-0.25, -0.2) is 9.78 Å². The number of ketones is 1. The number of esters is 1. The van der Waals surface area contributed by atoms with E-state index in [1.807, 2.05) is 19.1 Å². The fraction of sp³-hybridized carbons (Fsp3) is 0.190. The van der Waals surface area contributed by atoms with Gasteiger partial charge in [0.2, 0.25) is 0 Å². The highest BCUT2D eigenvalue weighted by molar-refractivity contribution is 7.12. The van der Waals surface area contributed by atoms with E-state index < -0.39 is 5.97 Å². The molecule has 0 N–H and O–H groups in total. The lowest BCUT2D eigenvalue weighted by Gasteiger charge is -2.06. The molecule has 0 unspecified atom stereocenters. The first-order chi connectivity index (χ1) is 13.0. The fourth-order valence-corrected chi connectivity index (χ4v) is 3.66. The molecule has 0 saturated carbocycles. The van der Waals surface area contributed by atoms with Crippen LogP contribution < -0.4 is 0 Å². The van der Waals surface area contributed by atoms with Crippen LogP contribution in [-0.4, -0.2) is 23.3 Å². The van der Waals surface area contributed by atoms with E-state index in [4.69, 9.17) is 16.3 Å². The summed E-state index contributed by atoms with van der Waals surface area (Å²) in [7, 11) is 0. The van der Waals surface area contributed by atoms with Gasteiger partial charge in [0.25, 0.3) is 0 Å². The number of nitrogens with zero attached hydrogens (tertiary/aromatic N) is 1. The van der Waals surface area contributed by atoms with Gasteiger partial charge in [0, 0.05) is 21.0 Å². The molecule has 0 bridgehead atoms. The van der Waals surface area contributed by atoms with Crippen LogP contribution >= 0.6 is 22.9 Å². The van der Waals surface area contributed by atoms with Crippen molar-refractivity contribution in [2.45, 2.75) is 20.3 Å². The van der Waals surface area contributed by atoms with Crippen LogP contribution in [0.25, 0.3) is 11.3 Å². The molecule has 1 aromatic heterocycles. The second kappa shape index (κ2) is 8.46. The van der Waals surface area contributed by atoms with Crippen LogP contribution in [0.1, 0.15) is 37.5 Å². The number of carbonyl (C=O) groups is 2. The monoisotopic (exact) mass is 399 g/mol. The van der Waals surface area contributed by atoms with Crippen molar-refractivity contribution in [1.82, 2.24) is 4.98 Å². The van der Waals surface area contributed by atoms with Crippen molar-refractivity contribution >= 4 is 34.7 Å². The smallest absolute Gasteiger partial charge is 0.338 e. The highest BCUT2D eigenvalue weighted by atomic mass is 35.5. The molecule has 138 valence electrons. The van der Waals surface area contributed by atoms with E-state index >= 15 is 0 Å². The third kappa shape index (κ3) is 4.62. The third-order valence-corrected chi connectivity index (χ3v) is 5.39. The first-order valence-electron chi connectivity index (χ1n) is 8.50. The van der Waals surface area contributed by atoms with Crippen molar-refractivity contribution in [1.29, 1.82) is 0 Å². The van der Waals surface area contributed by atoms with Crippen LogP contribution in [0.15, 0.2) is 48.5 Å². The predicted molar refractivity (Wildman–Crippen MR) is 108 cm³/mol. The fourth-order valence-electron chi connectivity index (χ4n) is 2.63. The molecule has 6 heteroatoms. The number of carbonyl (C=O) groups excluding carboxylic acids is 2. The van der Waals surface area contributed by atoms with E-state index in [9.17, 15) is 9.59 Å². The van der Waals surface area contributed by atoms with Gasteiger partial charge in [0.1, 0.15) is 0 Å². The van der Waals surface area contributed by atoms with E-state index in [-0.39, 0.29) is 12.4 Å². The van der Waals surface area contributed by atoms with E-state index in [2.05, 4.69) is 11.9 Å². The first-order valence-corrected chi connectivity index (χ1v) is 9.70. The second-order valence-corrected chi connectivity index (χ2v) is 7.67. The number of aromatic nitrogens is 1. The molecule has 0 saturated heterocycles. The summed E-state index contributed by atoms with van der Waals surface area (Å²) < 4.78 is 5.13. The summed E-state index contributed by atoms with van der Waals surface area (Å²) in [5, 5.41) is 1.57. The predicted octanol–water partition coefficient (Wildman–Crippen LogP) is 5.37. The number of aryl methyl sites for hydroxylation is 2. The van der Waals surface area contributed by atoms with Gasteiger partial charge >= 0.3 is 5.97 Å². The Bertz CT molecular complexity index is 962. The van der Waals surface area contributed by atoms with Crippen LogP contribution in [0, 0.1) is 6.92 Å². The molecule has 4 nitrogen and oxygen atoms in total. The van der Waals surface area contributed by atoms with Crippen LogP contribution in [0.4, 0.5) is 0 Å². The SMILES string of the molecule is CCc1sc(C)nc1-c1ccc(C(=O)OCC(=O)c2ccc(Cl)cc2)cc1. The molecule has 0 aliphatic carbocycles. The van der Waals surface area contributed by atoms with Crippen molar-refractivity contribution in [2.75, 3.05) is 6.61 Å². The van der Waals surface area contributed by atoms with E-state index in [0.717, 1.165) is 22.7 Å². The Hall–Kier alpha value is -2.50. The van der Waals surface area contributed by atoms with Crippen molar-refractivity contribution in [3.63, 3.8) is 0 Å². The summed E-state index contributed by atoms with van der Waals surface area (Å²) in [6.45, 7) is 3.77. The minimum Gasteiger partial charge on any atom is -0.454 e. The number of rotatable bonds is 6. The zero-order chi connectivity index (χ0) is 19.4. The average molecular weight is 400 g/mol. The Balaban J connectivity index is 1.65. The molecule has 3 rings (SSSR count). The van der Waals surface area contributed by atoms with Crippen molar-refractivity contribution in [2.24, 2.45) is 0 Å². The van der Waals surface area contributed by atoms with Gasteiger partial charge in [-0.1, -0.05) is 30.7 Å². The summed E-state index contributed by atoms with van der Waals surface area (Å²) in [6, 6.07) is 13.6. The van der Waals surface area contributed by atoms with Crippen LogP contribution in [0.5, 0.6) is 0 Å². The maximum atomic E-state index is 12.2. The van der Waals surface area contributed by atoms with Crippen molar-refractivity contribution in [3.8, 4) is 11.3 Å². The van der Waals surface area contributed by atoms with Gasteiger partial charge in [-0.3, -0.25) is 4.79 Å². The third-order valence-electron chi connectivity index (χ3n) is 4.02. The van der Waals surface area contributed by atoms with Gasteiger partial charge in [-0.05, 0) is 49.7 Å². The molecule has 0 atom stereocenters. The molecule has 0 spiro atoms. The molecule has 27 heavy (non-hydrogen) atoms. The standard InChI is InChI=1S/C21H18ClNO3S/c1-3-19-20(23-13(2)27-19)15-4-6-16(7-5-15)21(25)26-12-18(24)14-8-10-17(22)11-9-14/h4-11H,3,12H2,1-2H3. The number of hydrogen-bond donors (Lipinski definition) is 0. The van der Waals surface area contributed by atoms with Gasteiger partial charge < -0.3 is 4.74 Å². The largest absolute Gasteiger partial charge is 0.454 e. The molecule has 0 aliphatic rings. The van der Waals surface area contributed by atoms with Gasteiger partial charge in [-0.2, -0.15) is 0 Å². The minimum absolute atomic E-state index is 0.276. The molecule has 3 aromatic rings. The Morgan fingerprint density at radius 2 is 1.67 bits per heavy atom. The minimum atomic E-state index is -0.533. The maximum absolute atomic E-state index is 12.2. The summed E-state index contributed by atoms with van der Waals surface area (Å²) >= 11 is 7.48. The summed E-state index contributed by atoms with van der Waals surface area (Å²) in [5.74, 6) is -0.809. The average Bonchev–Trinajstić information content (AvgIpc) is 3.07. The lowest BCUT2D eigenvalue weighted by atomic mass is 10.1. The maximum Gasteiger partial charge on any atom is 0.338 e. The Morgan fingerprint density at radius 1 is 1.04 bits per heavy atom. The Labute approximate surface area is 166 Å². The molecule has 0 radical (unpaired) electrons. The molecular formula is C21H18ClNO3S. The van der Waals surface area contributed by atoms with Gasteiger partial charge in [0.05, 0.1) is 16.3 Å². The summed E-state index contributed by atoms with van der Waals surface area (Å²) in [6.07, 6.45) is 0.914. The van der Waals surface area contributed by atoms with E-state index in [0.29, 0.717) is 16.1 Å². The molecule has 0 amide bonds. The van der Waals surface area contributed by atoms with Gasteiger partial charge in [-0.15, -0.1) is 11.3 Å². The summed E-state index contributed by atoms with van der Waals surface area (Å²) in [4.78, 5) is 30.1. The number of thiazole rings is 1. The molecular weight excluding hydrogens is 382 g/mol. The number of halogens is 1. The topological polar surface area (TPSA) is 56.3 Å². The quantitative estimate of drug-likeness (QED) is 0.412. The number of hydrogen-bond acceptors (Lipinski definition) is 5. The van der Waals surface area contributed by atoms with Crippen LogP contribution in [-0.2, 0) is 11.2 Å². The molecule has 0 fully saturated rings. The normalized spacial score (nSPS) is 10.6. The lowest BCUT2D eigenvalue weighted by Crippen LogP contribution is -2.14. The number of Topliss-reactive ketones (excluding diaryl/α,β-unsaturated/α-hetero) is 1. The number of ether oxygens (including phenoxy) is 1. The highest BCUT2D eigenvalue weighted by Crippen LogP contribution is 2.28. The zero-order valence-electron chi connectivity index (χ0n) is 15.0. The van der Waals surface area contributed by atoms with Crippen LogP contribution in [0.3, 0.4) is 0 Å². The van der Waals surface area contributed by atoms with Crippen molar-refractivity contribution in [3.05, 3.63) is 74.6 Å². The summed E-state index contributed by atoms with van der Waals surface area (Å²) in [5.41, 5.74) is 2.77. The van der Waals surface area contributed by atoms with Crippen LogP contribution in [0.2, 0.25) is 5.02 Å². The highest BCUT2D eigenvalue weighted by Gasteiger charge is 2.14. The molecule has 2 aromatic carbocycles. The van der Waals surface area contributed by atoms with E-state index in [1.165, 1.54) is 4.88 Å². The molecule has 1 heterocycles.